The molecular weight excluding hydrogens is 616 g/mol. The number of aliphatic hydroxyl groups is 5. The lowest BCUT2D eigenvalue weighted by Gasteiger charge is -2.35. The number of unbranched alkanes of at least 4 members (excludes halogenated alkanes) is 27. The van der Waals surface area contributed by atoms with Gasteiger partial charge in [0, 0.05) is 0 Å². The zero-order chi connectivity index (χ0) is 36.4. The molecular formula is C42H84O7. The summed E-state index contributed by atoms with van der Waals surface area (Å²) in [5, 5.41) is 50.8. The zero-order valence-corrected chi connectivity index (χ0v) is 32.7. The van der Waals surface area contributed by atoms with E-state index in [1.807, 2.05) is 0 Å². The van der Waals surface area contributed by atoms with E-state index < -0.39 is 36.5 Å². The van der Waals surface area contributed by atoms with Gasteiger partial charge in [-0.1, -0.05) is 194 Å². The Morgan fingerprint density at radius 1 is 0.510 bits per heavy atom. The Morgan fingerprint density at radius 2 is 0.796 bits per heavy atom. The van der Waals surface area contributed by atoms with E-state index in [4.69, 9.17) is 4.74 Å². The van der Waals surface area contributed by atoms with Crippen molar-refractivity contribution in [3.63, 3.8) is 0 Å². The molecule has 0 saturated heterocycles. The van der Waals surface area contributed by atoms with Crippen LogP contribution in [0.5, 0.6) is 0 Å². The van der Waals surface area contributed by atoms with Crippen molar-refractivity contribution in [2.45, 2.75) is 256 Å². The van der Waals surface area contributed by atoms with Gasteiger partial charge in [-0.3, -0.25) is 0 Å². The van der Waals surface area contributed by atoms with Crippen molar-refractivity contribution in [3.8, 4) is 0 Å². The summed E-state index contributed by atoms with van der Waals surface area (Å²) in [5.74, 6) is -0.969. The third-order valence-electron chi connectivity index (χ3n) is 10.6. The molecule has 0 saturated carbocycles. The summed E-state index contributed by atoms with van der Waals surface area (Å²) in [6.07, 6.45) is 32.5. The lowest BCUT2D eigenvalue weighted by molar-refractivity contribution is -0.201. The normalized spacial score (nSPS) is 15.5. The number of aliphatic hydroxyl groups excluding tert-OH is 4. The van der Waals surface area contributed by atoms with Crippen molar-refractivity contribution in [3.05, 3.63) is 0 Å². The first-order valence-corrected chi connectivity index (χ1v) is 21.4. The number of ether oxygens (including phenoxy) is 1. The predicted molar refractivity (Wildman–Crippen MR) is 205 cm³/mol. The van der Waals surface area contributed by atoms with Crippen LogP contribution in [0.1, 0.15) is 226 Å². The topological polar surface area (TPSA) is 127 Å². The summed E-state index contributed by atoms with van der Waals surface area (Å²) in [7, 11) is 0. The molecule has 7 heteroatoms. The fourth-order valence-corrected chi connectivity index (χ4v) is 6.90. The minimum Gasteiger partial charge on any atom is -0.460 e. The van der Waals surface area contributed by atoms with Crippen LogP contribution < -0.4 is 0 Å². The highest BCUT2D eigenvalue weighted by Crippen LogP contribution is 2.25. The smallest absolute Gasteiger partial charge is 0.341 e. The molecule has 5 N–H and O–H groups in total. The van der Waals surface area contributed by atoms with E-state index in [1.54, 1.807) is 0 Å². The van der Waals surface area contributed by atoms with Crippen LogP contribution in [0.3, 0.4) is 0 Å². The second-order valence-electron chi connectivity index (χ2n) is 15.1. The number of esters is 1. The predicted octanol–water partition coefficient (Wildman–Crippen LogP) is 10.2. The highest BCUT2D eigenvalue weighted by molar-refractivity contribution is 5.80. The maximum absolute atomic E-state index is 13.2. The van der Waals surface area contributed by atoms with Gasteiger partial charge in [0.05, 0.1) is 6.61 Å². The molecule has 0 spiro atoms. The highest BCUT2D eigenvalue weighted by Gasteiger charge is 2.48. The van der Waals surface area contributed by atoms with Crippen LogP contribution >= 0.6 is 0 Å². The molecule has 5 unspecified atom stereocenters. The van der Waals surface area contributed by atoms with Crippen molar-refractivity contribution < 1.29 is 35.1 Å². The monoisotopic (exact) mass is 701 g/mol. The Balaban J connectivity index is 4.51. The Bertz CT molecular complexity index is 705. The summed E-state index contributed by atoms with van der Waals surface area (Å²) in [5.41, 5.74) is -2.36. The van der Waals surface area contributed by atoms with Crippen molar-refractivity contribution in [2.24, 2.45) is 0 Å². The van der Waals surface area contributed by atoms with E-state index in [1.165, 1.54) is 167 Å². The van der Waals surface area contributed by atoms with Gasteiger partial charge in [0.2, 0.25) is 0 Å². The largest absolute Gasteiger partial charge is 0.460 e. The molecule has 0 rings (SSSR count). The van der Waals surface area contributed by atoms with Gasteiger partial charge in [-0.25, -0.2) is 4.79 Å². The van der Waals surface area contributed by atoms with E-state index in [0.717, 1.165) is 25.7 Å². The molecule has 7 nitrogen and oxygen atoms in total. The molecule has 0 bridgehead atoms. The summed E-state index contributed by atoms with van der Waals surface area (Å²) < 4.78 is 5.82. The summed E-state index contributed by atoms with van der Waals surface area (Å²) in [6, 6.07) is 0. The van der Waals surface area contributed by atoms with Gasteiger partial charge in [-0.15, -0.1) is 0 Å². The zero-order valence-electron chi connectivity index (χ0n) is 32.7. The molecule has 0 radical (unpaired) electrons. The third kappa shape index (κ3) is 25.8. The second kappa shape index (κ2) is 34.4. The van der Waals surface area contributed by atoms with Crippen LogP contribution in [-0.4, -0.2) is 68.1 Å². The molecule has 5 atom stereocenters. The SMILES string of the molecule is CCCCCCCCCCCCCCCCCC(CCCCCCCCCCCCCCCC)OC(=O)C(O)(CC)C(O)C(O)C(O)CO. The standard InChI is InChI=1S/C42H84O7/c1-4-7-9-11-13-15-17-19-21-23-25-27-29-31-33-35-37(49-41(47)42(48,6-3)40(46)39(45)38(44)36-43)34-32-30-28-26-24-22-20-18-16-14-12-10-8-5-2/h37-40,43-46,48H,4-36H2,1-3H3. The van der Waals surface area contributed by atoms with Gasteiger partial charge in [0.25, 0.3) is 0 Å². The summed E-state index contributed by atoms with van der Waals surface area (Å²) >= 11 is 0. The summed E-state index contributed by atoms with van der Waals surface area (Å²) in [6.45, 7) is 5.26. The number of carbonyl (C=O) groups excluding carboxylic acids is 1. The molecule has 0 fully saturated rings. The van der Waals surface area contributed by atoms with E-state index in [2.05, 4.69) is 13.8 Å². The average molecular weight is 701 g/mol. The second-order valence-corrected chi connectivity index (χ2v) is 15.1. The van der Waals surface area contributed by atoms with Gasteiger partial charge in [-0.05, 0) is 32.1 Å². The van der Waals surface area contributed by atoms with Crippen molar-refractivity contribution in [1.82, 2.24) is 0 Å². The average Bonchev–Trinajstić information content (AvgIpc) is 3.11. The van der Waals surface area contributed by atoms with Gasteiger partial charge in [0.1, 0.15) is 24.4 Å². The van der Waals surface area contributed by atoms with Crippen molar-refractivity contribution in [1.29, 1.82) is 0 Å². The lowest BCUT2D eigenvalue weighted by atomic mass is 9.88. The molecule has 294 valence electrons. The number of hydrogen-bond donors (Lipinski definition) is 5. The van der Waals surface area contributed by atoms with Crippen molar-refractivity contribution in [2.75, 3.05) is 6.61 Å². The maximum atomic E-state index is 13.2. The summed E-state index contributed by atoms with van der Waals surface area (Å²) in [4.78, 5) is 13.2. The maximum Gasteiger partial charge on any atom is 0.341 e. The van der Waals surface area contributed by atoms with E-state index in [9.17, 15) is 30.3 Å². The van der Waals surface area contributed by atoms with Crippen LogP contribution in [0.4, 0.5) is 0 Å². The molecule has 0 aromatic carbocycles. The van der Waals surface area contributed by atoms with E-state index >= 15 is 0 Å². The number of hydrogen-bond acceptors (Lipinski definition) is 7. The highest BCUT2D eigenvalue weighted by atomic mass is 16.6. The minimum absolute atomic E-state index is 0.188. The molecule has 0 aliphatic rings. The first-order valence-electron chi connectivity index (χ1n) is 21.4. The first kappa shape index (κ1) is 48.3. The van der Waals surface area contributed by atoms with Crippen LogP contribution in [0, 0.1) is 0 Å². The van der Waals surface area contributed by atoms with Crippen LogP contribution in [0.2, 0.25) is 0 Å². The van der Waals surface area contributed by atoms with Gasteiger partial charge in [0.15, 0.2) is 5.60 Å². The fourth-order valence-electron chi connectivity index (χ4n) is 6.90. The first-order chi connectivity index (χ1) is 23.8. The Kier molecular flexibility index (Phi) is 33.8. The quantitative estimate of drug-likeness (QED) is 0.0320. The third-order valence-corrected chi connectivity index (χ3v) is 10.6. The molecule has 0 aromatic heterocycles. The van der Waals surface area contributed by atoms with Crippen molar-refractivity contribution >= 4 is 5.97 Å². The molecule has 49 heavy (non-hydrogen) atoms. The molecule has 0 aromatic rings. The van der Waals surface area contributed by atoms with E-state index in [-0.39, 0.29) is 12.5 Å². The lowest BCUT2D eigenvalue weighted by Crippen LogP contribution is -2.58. The van der Waals surface area contributed by atoms with Crippen LogP contribution in [0.15, 0.2) is 0 Å². The number of rotatable bonds is 38. The fraction of sp³-hybridized carbons (Fsp3) is 0.976. The van der Waals surface area contributed by atoms with Gasteiger partial charge < -0.3 is 30.3 Å². The minimum atomic E-state index is -2.36. The van der Waals surface area contributed by atoms with Crippen LogP contribution in [-0.2, 0) is 9.53 Å². The van der Waals surface area contributed by atoms with Crippen LogP contribution in [0.25, 0.3) is 0 Å². The van der Waals surface area contributed by atoms with E-state index in [0.29, 0.717) is 12.8 Å². The molecule has 0 aliphatic heterocycles. The molecule has 0 aliphatic carbocycles. The Hall–Kier alpha value is -0.730. The number of carbonyl (C=O) groups is 1. The Morgan fingerprint density at radius 3 is 1.06 bits per heavy atom. The molecule has 0 heterocycles. The van der Waals surface area contributed by atoms with Gasteiger partial charge >= 0.3 is 5.97 Å². The Labute approximate surface area is 303 Å². The molecule has 0 amide bonds. The van der Waals surface area contributed by atoms with Gasteiger partial charge in [-0.2, -0.15) is 0 Å².